The standard InChI is InChI=1S/C13H10ClF3N2/c14-9-3-6-11(18)12(7-9)19-10-4-1-8(2-5-10)13(15,16)17/h1-7,19H,18H2. The Morgan fingerprint density at radius 2 is 1.63 bits per heavy atom. The number of alkyl halides is 3. The first-order valence-corrected chi connectivity index (χ1v) is 5.73. The molecule has 0 aromatic heterocycles. The Kier molecular flexibility index (Phi) is 3.57. The van der Waals surface area contributed by atoms with Crippen molar-refractivity contribution in [3.05, 3.63) is 53.1 Å². The van der Waals surface area contributed by atoms with Gasteiger partial charge in [-0.3, -0.25) is 0 Å². The number of anilines is 3. The van der Waals surface area contributed by atoms with Gasteiger partial charge in [0.1, 0.15) is 0 Å². The first kappa shape index (κ1) is 13.5. The van der Waals surface area contributed by atoms with Gasteiger partial charge in [0, 0.05) is 10.7 Å². The summed E-state index contributed by atoms with van der Waals surface area (Å²) in [7, 11) is 0. The van der Waals surface area contributed by atoms with Crippen molar-refractivity contribution in [2.45, 2.75) is 6.18 Å². The lowest BCUT2D eigenvalue weighted by Gasteiger charge is -2.11. The summed E-state index contributed by atoms with van der Waals surface area (Å²) in [5.41, 5.74) is 6.55. The van der Waals surface area contributed by atoms with Crippen LogP contribution in [-0.4, -0.2) is 0 Å². The normalized spacial score (nSPS) is 11.4. The summed E-state index contributed by atoms with van der Waals surface area (Å²) in [5, 5.41) is 3.40. The Morgan fingerprint density at radius 1 is 1.00 bits per heavy atom. The van der Waals surface area contributed by atoms with Crippen LogP contribution in [0.1, 0.15) is 5.56 Å². The number of rotatable bonds is 2. The number of benzene rings is 2. The zero-order valence-electron chi connectivity index (χ0n) is 9.63. The zero-order valence-corrected chi connectivity index (χ0v) is 10.4. The average Bonchev–Trinajstić information content (AvgIpc) is 2.33. The molecule has 0 fully saturated rings. The van der Waals surface area contributed by atoms with Crippen molar-refractivity contribution in [3.63, 3.8) is 0 Å². The quantitative estimate of drug-likeness (QED) is 0.786. The summed E-state index contributed by atoms with van der Waals surface area (Å²) >= 11 is 5.82. The van der Waals surface area contributed by atoms with Gasteiger partial charge in [-0.2, -0.15) is 13.2 Å². The maximum Gasteiger partial charge on any atom is 0.416 e. The number of hydrogen-bond donors (Lipinski definition) is 2. The lowest BCUT2D eigenvalue weighted by molar-refractivity contribution is -0.137. The van der Waals surface area contributed by atoms with Crippen LogP contribution in [0.2, 0.25) is 5.02 Å². The van der Waals surface area contributed by atoms with Crippen molar-refractivity contribution in [2.24, 2.45) is 0 Å². The van der Waals surface area contributed by atoms with Crippen molar-refractivity contribution in [3.8, 4) is 0 Å². The number of halogens is 4. The number of nitrogen functional groups attached to an aromatic ring is 1. The Morgan fingerprint density at radius 3 is 2.21 bits per heavy atom. The molecule has 100 valence electrons. The molecule has 0 saturated carbocycles. The maximum absolute atomic E-state index is 12.4. The fourth-order valence-corrected chi connectivity index (χ4v) is 1.71. The van der Waals surface area contributed by atoms with E-state index in [-0.39, 0.29) is 0 Å². The first-order valence-electron chi connectivity index (χ1n) is 5.35. The molecule has 0 unspecified atom stereocenters. The Balaban J connectivity index is 2.22. The Labute approximate surface area is 113 Å². The average molecular weight is 287 g/mol. The fourth-order valence-electron chi connectivity index (χ4n) is 1.53. The van der Waals surface area contributed by atoms with Gasteiger partial charge in [0.15, 0.2) is 0 Å². The van der Waals surface area contributed by atoms with Gasteiger partial charge >= 0.3 is 6.18 Å². The van der Waals surface area contributed by atoms with Crippen LogP contribution in [0.15, 0.2) is 42.5 Å². The van der Waals surface area contributed by atoms with E-state index < -0.39 is 11.7 Å². The van der Waals surface area contributed by atoms with Crippen LogP contribution in [-0.2, 0) is 6.18 Å². The van der Waals surface area contributed by atoms with Crippen LogP contribution in [0, 0.1) is 0 Å². The van der Waals surface area contributed by atoms with Gasteiger partial charge in [0.05, 0.1) is 16.9 Å². The van der Waals surface area contributed by atoms with E-state index in [1.165, 1.54) is 12.1 Å². The van der Waals surface area contributed by atoms with E-state index in [1.807, 2.05) is 0 Å². The first-order chi connectivity index (χ1) is 8.86. The summed E-state index contributed by atoms with van der Waals surface area (Å²) in [5.74, 6) is 0. The van der Waals surface area contributed by atoms with E-state index in [0.29, 0.717) is 22.1 Å². The molecule has 0 amide bonds. The highest BCUT2D eigenvalue weighted by Crippen LogP contribution is 2.31. The fraction of sp³-hybridized carbons (Fsp3) is 0.0769. The third-order valence-electron chi connectivity index (χ3n) is 2.51. The smallest absolute Gasteiger partial charge is 0.397 e. The van der Waals surface area contributed by atoms with E-state index in [9.17, 15) is 13.2 Å². The van der Waals surface area contributed by atoms with Gasteiger partial charge in [-0.1, -0.05) is 11.6 Å². The zero-order chi connectivity index (χ0) is 14.0. The van der Waals surface area contributed by atoms with Gasteiger partial charge < -0.3 is 11.1 Å². The highest BCUT2D eigenvalue weighted by atomic mass is 35.5. The van der Waals surface area contributed by atoms with Gasteiger partial charge in [-0.25, -0.2) is 0 Å². The molecular weight excluding hydrogens is 277 g/mol. The predicted molar refractivity (Wildman–Crippen MR) is 70.6 cm³/mol. The molecule has 2 nitrogen and oxygen atoms in total. The summed E-state index contributed by atoms with van der Waals surface area (Å²) in [6.45, 7) is 0. The predicted octanol–water partition coefficient (Wildman–Crippen LogP) is 4.68. The van der Waals surface area contributed by atoms with Crippen molar-refractivity contribution < 1.29 is 13.2 Å². The van der Waals surface area contributed by atoms with Gasteiger partial charge in [-0.15, -0.1) is 0 Å². The van der Waals surface area contributed by atoms with E-state index >= 15 is 0 Å². The highest BCUT2D eigenvalue weighted by Gasteiger charge is 2.29. The molecule has 0 radical (unpaired) electrons. The minimum atomic E-state index is -4.34. The van der Waals surface area contributed by atoms with E-state index in [4.69, 9.17) is 17.3 Å². The SMILES string of the molecule is Nc1ccc(Cl)cc1Nc1ccc(C(F)(F)F)cc1. The third-order valence-corrected chi connectivity index (χ3v) is 2.74. The molecule has 0 spiro atoms. The summed E-state index contributed by atoms with van der Waals surface area (Å²) < 4.78 is 37.2. The molecule has 0 aliphatic rings. The van der Waals surface area contributed by atoms with Gasteiger partial charge in [0.25, 0.3) is 0 Å². The van der Waals surface area contributed by atoms with Crippen molar-refractivity contribution >= 4 is 28.7 Å². The number of nitrogens with two attached hydrogens (primary N) is 1. The summed E-state index contributed by atoms with van der Waals surface area (Å²) in [6, 6.07) is 9.54. The third kappa shape index (κ3) is 3.32. The lowest BCUT2D eigenvalue weighted by atomic mass is 10.2. The van der Waals surface area contributed by atoms with Crippen LogP contribution >= 0.6 is 11.6 Å². The van der Waals surface area contributed by atoms with Crippen LogP contribution < -0.4 is 11.1 Å². The molecule has 2 aromatic carbocycles. The molecule has 0 aliphatic carbocycles. The van der Waals surface area contributed by atoms with Crippen LogP contribution in [0.4, 0.5) is 30.2 Å². The van der Waals surface area contributed by atoms with Gasteiger partial charge in [0.2, 0.25) is 0 Å². The highest BCUT2D eigenvalue weighted by molar-refractivity contribution is 6.31. The molecule has 3 N–H and O–H groups in total. The Bertz CT molecular complexity index is 579. The largest absolute Gasteiger partial charge is 0.416 e. The van der Waals surface area contributed by atoms with Crippen molar-refractivity contribution in [1.82, 2.24) is 0 Å². The van der Waals surface area contributed by atoms with E-state index in [0.717, 1.165) is 12.1 Å². The van der Waals surface area contributed by atoms with Crippen molar-refractivity contribution in [1.29, 1.82) is 0 Å². The molecule has 0 heterocycles. The molecular formula is C13H10ClF3N2. The monoisotopic (exact) mass is 286 g/mol. The number of nitrogens with one attached hydrogen (secondary N) is 1. The molecule has 0 saturated heterocycles. The summed E-state index contributed by atoms with van der Waals surface area (Å²) in [6.07, 6.45) is -4.34. The summed E-state index contributed by atoms with van der Waals surface area (Å²) in [4.78, 5) is 0. The number of hydrogen-bond acceptors (Lipinski definition) is 2. The molecule has 6 heteroatoms. The van der Waals surface area contributed by atoms with E-state index in [2.05, 4.69) is 5.32 Å². The van der Waals surface area contributed by atoms with Gasteiger partial charge in [-0.05, 0) is 42.5 Å². The topological polar surface area (TPSA) is 38.0 Å². The minimum Gasteiger partial charge on any atom is -0.397 e. The van der Waals surface area contributed by atoms with Crippen LogP contribution in [0.3, 0.4) is 0 Å². The molecule has 2 aromatic rings. The lowest BCUT2D eigenvalue weighted by Crippen LogP contribution is -2.04. The second-order valence-electron chi connectivity index (χ2n) is 3.93. The Hall–Kier alpha value is -1.88. The molecule has 19 heavy (non-hydrogen) atoms. The second-order valence-corrected chi connectivity index (χ2v) is 4.37. The van der Waals surface area contributed by atoms with E-state index in [1.54, 1.807) is 18.2 Å². The molecule has 0 aliphatic heterocycles. The molecule has 0 bridgehead atoms. The molecule has 2 rings (SSSR count). The maximum atomic E-state index is 12.4. The van der Waals surface area contributed by atoms with Crippen LogP contribution in [0.5, 0.6) is 0 Å². The van der Waals surface area contributed by atoms with Crippen LogP contribution in [0.25, 0.3) is 0 Å². The van der Waals surface area contributed by atoms with Crippen molar-refractivity contribution in [2.75, 3.05) is 11.1 Å². The molecule has 0 atom stereocenters. The second kappa shape index (κ2) is 5.01. The minimum absolute atomic E-state index is 0.462.